The summed E-state index contributed by atoms with van der Waals surface area (Å²) in [6.45, 7) is 5.03. The van der Waals surface area contributed by atoms with Gasteiger partial charge in [0.15, 0.2) is 0 Å². The minimum absolute atomic E-state index is 0.115. The van der Waals surface area contributed by atoms with Crippen LogP contribution in [0.15, 0.2) is 42.5 Å². The van der Waals surface area contributed by atoms with E-state index in [1.54, 1.807) is 0 Å². The summed E-state index contributed by atoms with van der Waals surface area (Å²) >= 11 is 0. The Bertz CT molecular complexity index is 862. The number of nitrogens with one attached hydrogen (secondary N) is 2. The molecule has 0 fully saturated rings. The number of benzene rings is 2. The van der Waals surface area contributed by atoms with Gasteiger partial charge in [0.2, 0.25) is 11.8 Å². The first-order valence-electron chi connectivity index (χ1n) is 9.18. The molecule has 5 heteroatoms. The van der Waals surface area contributed by atoms with Crippen molar-refractivity contribution in [3.63, 3.8) is 0 Å². The minimum atomic E-state index is -0.455. The lowest BCUT2D eigenvalue weighted by atomic mass is 9.89. The summed E-state index contributed by atoms with van der Waals surface area (Å²) in [5, 5.41) is 5.93. The van der Waals surface area contributed by atoms with Crippen molar-refractivity contribution in [2.45, 2.75) is 38.8 Å². The van der Waals surface area contributed by atoms with E-state index in [2.05, 4.69) is 28.5 Å². The highest BCUT2D eigenvalue weighted by atomic mass is 16.2. The number of hydrogen-bond acceptors (Lipinski definition) is 3. The molecule has 2 aliphatic heterocycles. The van der Waals surface area contributed by atoms with Crippen molar-refractivity contribution in [2.24, 2.45) is 0 Å². The molecule has 134 valence electrons. The average Bonchev–Trinajstić information content (AvgIpc) is 3.05. The highest BCUT2D eigenvalue weighted by molar-refractivity contribution is 6.05. The normalized spacial score (nSPS) is 18.8. The van der Waals surface area contributed by atoms with Crippen LogP contribution < -0.4 is 10.6 Å². The molecule has 0 unspecified atom stereocenters. The quantitative estimate of drug-likeness (QED) is 0.888. The maximum atomic E-state index is 13.0. The first-order chi connectivity index (χ1) is 12.7. The fraction of sp³-hybridized carbons (Fsp3) is 0.333. The molecule has 4 rings (SSSR count). The van der Waals surface area contributed by atoms with Gasteiger partial charge >= 0.3 is 0 Å². The number of nitrogens with zero attached hydrogens (tertiary/aromatic N) is 1. The molecule has 0 saturated carbocycles. The smallest absolute Gasteiger partial charge is 0.232 e. The Morgan fingerprint density at radius 2 is 2.04 bits per heavy atom. The summed E-state index contributed by atoms with van der Waals surface area (Å²) in [7, 11) is 0. The monoisotopic (exact) mass is 349 g/mol. The second-order valence-corrected chi connectivity index (χ2v) is 7.04. The van der Waals surface area contributed by atoms with Gasteiger partial charge in [-0.25, -0.2) is 0 Å². The number of amides is 2. The third kappa shape index (κ3) is 3.10. The topological polar surface area (TPSA) is 61.4 Å². The van der Waals surface area contributed by atoms with Crippen LogP contribution >= 0.6 is 0 Å². The predicted molar refractivity (Wildman–Crippen MR) is 102 cm³/mol. The van der Waals surface area contributed by atoms with Gasteiger partial charge in [0.25, 0.3) is 0 Å². The van der Waals surface area contributed by atoms with E-state index >= 15 is 0 Å². The van der Waals surface area contributed by atoms with E-state index in [4.69, 9.17) is 0 Å². The van der Waals surface area contributed by atoms with Crippen LogP contribution in [0, 0.1) is 0 Å². The molecule has 5 nitrogen and oxygen atoms in total. The lowest BCUT2D eigenvalue weighted by molar-refractivity contribution is -0.123. The van der Waals surface area contributed by atoms with Crippen molar-refractivity contribution in [3.05, 3.63) is 59.2 Å². The lowest BCUT2D eigenvalue weighted by Crippen LogP contribution is -2.31. The van der Waals surface area contributed by atoms with Crippen molar-refractivity contribution in [3.8, 4) is 0 Å². The summed E-state index contributed by atoms with van der Waals surface area (Å²) in [5.41, 5.74) is 4.96. The van der Waals surface area contributed by atoms with Gasteiger partial charge in [-0.05, 0) is 41.8 Å². The second-order valence-electron chi connectivity index (χ2n) is 7.04. The Balaban J connectivity index is 1.57. The van der Waals surface area contributed by atoms with E-state index < -0.39 is 5.92 Å². The Hall–Kier alpha value is -2.66. The number of fused-ring (bicyclic) bond motifs is 2. The van der Waals surface area contributed by atoms with E-state index in [9.17, 15) is 9.59 Å². The standard InChI is InChI=1S/C21H23N3O2/c1-2-10-24-12-14-6-5-9-19(17(14)13-24)23-21(26)16-11-20(25)22-18-8-4-3-7-15(16)18/h3-9,16H,2,10-13H2,1H3,(H,22,25)(H,23,26)/t16-/m1/s1. The number of carbonyl (C=O) groups is 2. The number of carbonyl (C=O) groups excluding carboxylic acids is 2. The largest absolute Gasteiger partial charge is 0.326 e. The average molecular weight is 349 g/mol. The number of rotatable bonds is 4. The van der Waals surface area contributed by atoms with Crippen molar-refractivity contribution in [1.29, 1.82) is 0 Å². The van der Waals surface area contributed by atoms with Gasteiger partial charge in [0.05, 0.1) is 5.92 Å². The lowest BCUT2D eigenvalue weighted by Gasteiger charge is -2.25. The molecule has 0 radical (unpaired) electrons. The Labute approximate surface area is 153 Å². The van der Waals surface area contributed by atoms with Crippen LogP contribution in [0.25, 0.3) is 0 Å². The molecule has 0 saturated heterocycles. The predicted octanol–water partition coefficient (Wildman–Crippen LogP) is 3.48. The molecular formula is C21H23N3O2. The molecule has 1 atom stereocenters. The summed E-state index contributed by atoms with van der Waals surface area (Å²) < 4.78 is 0. The van der Waals surface area contributed by atoms with Crippen LogP contribution in [0.1, 0.15) is 42.4 Å². The maximum Gasteiger partial charge on any atom is 0.232 e. The molecule has 2 aromatic carbocycles. The molecule has 0 aliphatic carbocycles. The van der Waals surface area contributed by atoms with Crippen LogP contribution in [0.2, 0.25) is 0 Å². The zero-order valence-corrected chi connectivity index (χ0v) is 14.9. The second kappa shape index (κ2) is 6.92. The van der Waals surface area contributed by atoms with Crippen LogP contribution in [0.3, 0.4) is 0 Å². The molecule has 2 N–H and O–H groups in total. The molecule has 0 spiro atoms. The first-order valence-corrected chi connectivity index (χ1v) is 9.18. The zero-order valence-electron chi connectivity index (χ0n) is 14.9. The van der Waals surface area contributed by atoms with E-state index in [-0.39, 0.29) is 18.2 Å². The van der Waals surface area contributed by atoms with Crippen LogP contribution in [-0.2, 0) is 22.7 Å². The van der Waals surface area contributed by atoms with Crippen LogP contribution in [0.4, 0.5) is 11.4 Å². The number of hydrogen-bond donors (Lipinski definition) is 2. The molecule has 2 amide bonds. The molecule has 2 heterocycles. The molecular weight excluding hydrogens is 326 g/mol. The van der Waals surface area contributed by atoms with Crippen molar-refractivity contribution in [2.75, 3.05) is 17.2 Å². The third-order valence-corrected chi connectivity index (χ3v) is 5.16. The SMILES string of the molecule is CCCN1Cc2cccc(NC(=O)[C@@H]3CC(=O)Nc4ccccc43)c2C1. The van der Waals surface area contributed by atoms with Gasteiger partial charge < -0.3 is 10.6 Å². The highest BCUT2D eigenvalue weighted by Gasteiger charge is 2.31. The van der Waals surface area contributed by atoms with Gasteiger partial charge in [-0.1, -0.05) is 37.3 Å². The zero-order chi connectivity index (χ0) is 18.1. The fourth-order valence-electron chi connectivity index (χ4n) is 3.95. The van der Waals surface area contributed by atoms with Gasteiger partial charge in [-0.3, -0.25) is 14.5 Å². The van der Waals surface area contributed by atoms with Gasteiger partial charge in [-0.15, -0.1) is 0 Å². The van der Waals surface area contributed by atoms with Gasteiger partial charge in [-0.2, -0.15) is 0 Å². The van der Waals surface area contributed by atoms with Crippen LogP contribution in [0.5, 0.6) is 0 Å². The van der Waals surface area contributed by atoms with Crippen molar-refractivity contribution in [1.82, 2.24) is 4.90 Å². The Morgan fingerprint density at radius 3 is 2.88 bits per heavy atom. The summed E-state index contributed by atoms with van der Waals surface area (Å²) in [5.74, 6) is -0.685. The minimum Gasteiger partial charge on any atom is -0.326 e. The molecule has 2 aromatic rings. The highest BCUT2D eigenvalue weighted by Crippen LogP contribution is 2.34. The molecule has 26 heavy (non-hydrogen) atoms. The maximum absolute atomic E-state index is 13.0. The fourth-order valence-corrected chi connectivity index (χ4v) is 3.95. The first kappa shape index (κ1) is 16.8. The van der Waals surface area contributed by atoms with E-state index in [1.165, 1.54) is 11.1 Å². The van der Waals surface area contributed by atoms with Crippen LogP contribution in [-0.4, -0.2) is 23.3 Å². The van der Waals surface area contributed by atoms with Gasteiger partial charge in [0, 0.05) is 30.9 Å². The Morgan fingerprint density at radius 1 is 1.19 bits per heavy atom. The third-order valence-electron chi connectivity index (χ3n) is 5.16. The number of anilines is 2. The van der Waals surface area contributed by atoms with E-state index in [1.807, 2.05) is 36.4 Å². The summed E-state index contributed by atoms with van der Waals surface area (Å²) in [4.78, 5) is 27.4. The molecule has 0 aromatic heterocycles. The molecule has 0 bridgehead atoms. The van der Waals surface area contributed by atoms with E-state index in [0.717, 1.165) is 43.0 Å². The van der Waals surface area contributed by atoms with E-state index in [0.29, 0.717) is 0 Å². The molecule has 2 aliphatic rings. The Kier molecular flexibility index (Phi) is 4.47. The van der Waals surface area contributed by atoms with Crippen molar-refractivity contribution < 1.29 is 9.59 Å². The summed E-state index contributed by atoms with van der Waals surface area (Å²) in [6.07, 6.45) is 1.30. The van der Waals surface area contributed by atoms with Crippen molar-refractivity contribution >= 4 is 23.2 Å². The van der Waals surface area contributed by atoms with Gasteiger partial charge in [0.1, 0.15) is 0 Å². The number of para-hydroxylation sites is 1. The summed E-state index contributed by atoms with van der Waals surface area (Å²) in [6, 6.07) is 13.6.